The van der Waals surface area contributed by atoms with Gasteiger partial charge in [-0.1, -0.05) is 0 Å². The van der Waals surface area contributed by atoms with Gasteiger partial charge in [0.05, 0.1) is 11.2 Å². The van der Waals surface area contributed by atoms with Gasteiger partial charge in [-0.3, -0.25) is 9.67 Å². The second-order valence-corrected chi connectivity index (χ2v) is 5.86. The predicted molar refractivity (Wildman–Crippen MR) is 90.1 cm³/mol. The Morgan fingerprint density at radius 3 is 2.92 bits per heavy atom. The number of urea groups is 1. The van der Waals surface area contributed by atoms with E-state index in [1.807, 2.05) is 19.9 Å². The van der Waals surface area contributed by atoms with Gasteiger partial charge in [-0.05, 0) is 32.0 Å². The number of rotatable bonds is 4. The molecule has 0 unspecified atom stereocenters. The summed E-state index contributed by atoms with van der Waals surface area (Å²) in [5.74, 6) is -0.436. The first-order chi connectivity index (χ1) is 11.4. The van der Waals surface area contributed by atoms with Gasteiger partial charge in [-0.2, -0.15) is 5.10 Å². The topological polar surface area (TPSA) is 105 Å². The molecule has 0 saturated carbocycles. The van der Waals surface area contributed by atoms with Gasteiger partial charge in [-0.25, -0.2) is 9.59 Å². The summed E-state index contributed by atoms with van der Waals surface area (Å²) in [5.41, 5.74) is 3.54. The minimum atomic E-state index is -0.436. The number of aromatic amines is 1. The molecule has 0 bridgehead atoms. The molecule has 2 amide bonds. The summed E-state index contributed by atoms with van der Waals surface area (Å²) in [6.45, 7) is 3.84. The number of carbonyl (C=O) groups excluding carboxylic acids is 1. The number of aryl methyl sites for hydroxylation is 2. The molecule has 3 N–H and O–H groups in total. The lowest BCUT2D eigenvalue weighted by Gasteiger charge is -2.13. The summed E-state index contributed by atoms with van der Waals surface area (Å²) in [6, 6.07) is 6.61. The fraction of sp³-hybridized carbons (Fsp3) is 0.312. The van der Waals surface area contributed by atoms with Crippen LogP contribution in [-0.2, 0) is 13.5 Å². The van der Waals surface area contributed by atoms with E-state index in [1.54, 1.807) is 25.2 Å². The van der Waals surface area contributed by atoms with Crippen LogP contribution in [0, 0.1) is 6.92 Å². The summed E-state index contributed by atoms with van der Waals surface area (Å²) in [5, 5.41) is 12.6. The minimum Gasteiger partial charge on any atom is -0.408 e. The maximum Gasteiger partial charge on any atom is 0.419 e. The molecule has 0 aliphatic carbocycles. The largest absolute Gasteiger partial charge is 0.419 e. The van der Waals surface area contributed by atoms with Crippen molar-refractivity contribution in [3.63, 3.8) is 0 Å². The lowest BCUT2D eigenvalue weighted by atomic mass is 10.2. The van der Waals surface area contributed by atoms with Crippen LogP contribution in [0.5, 0.6) is 0 Å². The van der Waals surface area contributed by atoms with E-state index in [4.69, 9.17) is 4.42 Å². The Morgan fingerprint density at radius 2 is 2.21 bits per heavy atom. The molecule has 8 heteroatoms. The van der Waals surface area contributed by atoms with E-state index in [9.17, 15) is 9.59 Å². The highest BCUT2D eigenvalue weighted by molar-refractivity contribution is 5.91. The van der Waals surface area contributed by atoms with Gasteiger partial charge < -0.3 is 15.1 Å². The summed E-state index contributed by atoms with van der Waals surface area (Å²) in [6.07, 6.45) is 0.629. The molecule has 1 atom stereocenters. The van der Waals surface area contributed by atoms with E-state index in [2.05, 4.69) is 20.8 Å². The molecule has 0 aliphatic heterocycles. The third kappa shape index (κ3) is 3.32. The van der Waals surface area contributed by atoms with E-state index in [1.165, 1.54) is 4.57 Å². The maximum atomic E-state index is 12.1. The van der Waals surface area contributed by atoms with E-state index < -0.39 is 5.76 Å². The molecule has 0 radical (unpaired) electrons. The molecule has 2 heterocycles. The third-order valence-electron chi connectivity index (χ3n) is 3.70. The second-order valence-electron chi connectivity index (χ2n) is 5.86. The number of anilines is 1. The number of aromatic nitrogens is 3. The van der Waals surface area contributed by atoms with Gasteiger partial charge in [0.25, 0.3) is 0 Å². The van der Waals surface area contributed by atoms with E-state index in [-0.39, 0.29) is 12.1 Å². The van der Waals surface area contributed by atoms with Crippen molar-refractivity contribution in [3.8, 4) is 0 Å². The fourth-order valence-corrected chi connectivity index (χ4v) is 2.55. The number of hydrogen-bond donors (Lipinski definition) is 3. The highest BCUT2D eigenvalue weighted by atomic mass is 16.4. The van der Waals surface area contributed by atoms with Gasteiger partial charge in [0.15, 0.2) is 5.58 Å². The van der Waals surface area contributed by atoms with Crippen LogP contribution in [0.25, 0.3) is 11.1 Å². The van der Waals surface area contributed by atoms with Crippen LogP contribution < -0.4 is 16.4 Å². The quantitative estimate of drug-likeness (QED) is 0.680. The molecule has 0 aliphatic rings. The number of oxazole rings is 1. The van der Waals surface area contributed by atoms with Crippen molar-refractivity contribution in [2.45, 2.75) is 26.3 Å². The molecule has 0 fully saturated rings. The van der Waals surface area contributed by atoms with E-state index in [0.717, 1.165) is 11.4 Å². The van der Waals surface area contributed by atoms with Crippen LogP contribution in [0.1, 0.15) is 18.3 Å². The molecular formula is C16H19N5O3. The molecule has 126 valence electrons. The molecule has 24 heavy (non-hydrogen) atoms. The molecule has 0 spiro atoms. The number of H-pyrrole nitrogens is 1. The van der Waals surface area contributed by atoms with Gasteiger partial charge in [0, 0.05) is 37.0 Å². The van der Waals surface area contributed by atoms with Gasteiger partial charge >= 0.3 is 11.8 Å². The first kappa shape index (κ1) is 15.9. The van der Waals surface area contributed by atoms with Crippen LogP contribution in [0.3, 0.4) is 0 Å². The summed E-state index contributed by atoms with van der Waals surface area (Å²) in [7, 11) is 1.63. The Hall–Kier alpha value is -3.03. The zero-order chi connectivity index (χ0) is 17.3. The van der Waals surface area contributed by atoms with Crippen molar-refractivity contribution in [3.05, 3.63) is 46.2 Å². The molecule has 1 aromatic carbocycles. The van der Waals surface area contributed by atoms with Crippen molar-refractivity contribution in [2.75, 3.05) is 5.32 Å². The predicted octanol–water partition coefficient (Wildman–Crippen LogP) is 1.92. The number of benzene rings is 1. The number of nitrogens with zero attached hydrogens (tertiary/aromatic N) is 2. The molecule has 3 rings (SSSR count). The Morgan fingerprint density at radius 1 is 1.42 bits per heavy atom. The first-order valence-electron chi connectivity index (χ1n) is 7.60. The summed E-state index contributed by atoms with van der Waals surface area (Å²) < 4.78 is 6.52. The first-order valence-corrected chi connectivity index (χ1v) is 7.60. The van der Waals surface area contributed by atoms with Gasteiger partial charge in [-0.15, -0.1) is 0 Å². The average Bonchev–Trinajstić information content (AvgIpc) is 3.02. The number of amides is 2. The zero-order valence-electron chi connectivity index (χ0n) is 13.7. The minimum absolute atomic E-state index is 0.0777. The molecule has 2 aromatic heterocycles. The Bertz CT molecular complexity index is 937. The molecular weight excluding hydrogens is 310 g/mol. The third-order valence-corrected chi connectivity index (χ3v) is 3.70. The Kier molecular flexibility index (Phi) is 4.11. The fourth-order valence-electron chi connectivity index (χ4n) is 2.55. The summed E-state index contributed by atoms with van der Waals surface area (Å²) in [4.78, 5) is 23.6. The van der Waals surface area contributed by atoms with Gasteiger partial charge in [0.1, 0.15) is 0 Å². The highest BCUT2D eigenvalue weighted by Crippen LogP contribution is 2.17. The number of nitrogens with one attached hydrogen (secondary N) is 3. The monoisotopic (exact) mass is 329 g/mol. The van der Waals surface area contributed by atoms with Crippen molar-refractivity contribution >= 4 is 22.8 Å². The highest BCUT2D eigenvalue weighted by Gasteiger charge is 2.11. The van der Waals surface area contributed by atoms with Crippen LogP contribution in [0.2, 0.25) is 0 Å². The van der Waals surface area contributed by atoms with Crippen molar-refractivity contribution in [1.29, 1.82) is 0 Å². The summed E-state index contributed by atoms with van der Waals surface area (Å²) >= 11 is 0. The van der Waals surface area contributed by atoms with Crippen LogP contribution >= 0.6 is 0 Å². The zero-order valence-corrected chi connectivity index (χ0v) is 13.7. The normalized spacial score (nSPS) is 12.3. The maximum absolute atomic E-state index is 12.1. The number of fused-ring (bicyclic) bond motifs is 1. The Labute approximate surface area is 137 Å². The number of carbonyl (C=O) groups is 1. The molecule has 8 nitrogen and oxygen atoms in total. The van der Waals surface area contributed by atoms with Crippen LogP contribution in [-0.4, -0.2) is 26.8 Å². The molecule has 3 aromatic rings. The molecule has 0 saturated heterocycles. The lowest BCUT2D eigenvalue weighted by Crippen LogP contribution is -2.37. The van der Waals surface area contributed by atoms with E-state index >= 15 is 0 Å². The second kappa shape index (κ2) is 6.23. The van der Waals surface area contributed by atoms with Crippen molar-refractivity contribution in [1.82, 2.24) is 20.1 Å². The van der Waals surface area contributed by atoms with E-state index in [0.29, 0.717) is 23.2 Å². The Balaban J connectivity index is 1.63. The number of hydrogen-bond acceptors (Lipinski definition) is 4. The average molecular weight is 329 g/mol. The SMILES string of the molecule is Cc1cc(C[C@H](C)NC(=O)Nc2ccc3c(c2)oc(=O)n3C)n[nH]1. The standard InChI is InChI=1S/C16H19N5O3/c1-9(6-12-7-10(2)19-20-12)17-15(22)18-11-4-5-13-14(8-11)24-16(23)21(13)3/h4-5,7-9H,6H2,1-3H3,(H,19,20)(H2,17,18,22)/t9-/m0/s1. The van der Waals surface area contributed by atoms with Crippen molar-refractivity contribution < 1.29 is 9.21 Å². The van der Waals surface area contributed by atoms with Crippen molar-refractivity contribution in [2.24, 2.45) is 7.05 Å². The van der Waals surface area contributed by atoms with Crippen LogP contribution in [0.4, 0.5) is 10.5 Å². The lowest BCUT2D eigenvalue weighted by molar-refractivity contribution is 0.249. The smallest absolute Gasteiger partial charge is 0.408 e. The van der Waals surface area contributed by atoms with Crippen LogP contribution in [0.15, 0.2) is 33.5 Å². The van der Waals surface area contributed by atoms with Gasteiger partial charge in [0.2, 0.25) is 0 Å².